The molecule has 3 heteroatoms. The van der Waals surface area contributed by atoms with Gasteiger partial charge in [0.15, 0.2) is 0 Å². The summed E-state index contributed by atoms with van der Waals surface area (Å²) in [5, 5.41) is 2.14. The minimum Gasteiger partial charge on any atom is -0.336 e. The molecule has 1 aromatic heterocycles. The summed E-state index contributed by atoms with van der Waals surface area (Å²) in [6, 6.07) is 11.1. The minimum absolute atomic E-state index is 0.176. The van der Waals surface area contributed by atoms with Gasteiger partial charge in [-0.05, 0) is 53.3 Å². The van der Waals surface area contributed by atoms with Crippen LogP contribution in [0.3, 0.4) is 0 Å². The first-order chi connectivity index (χ1) is 11.4. The fourth-order valence-corrected chi connectivity index (χ4v) is 4.38. The smallest absolute Gasteiger partial charge is 0.223 e. The lowest BCUT2D eigenvalue weighted by atomic mass is 9.86. The SMILES string of the molecule is C[C@@H]1c2ccsc2CCN1C(=O)CCc1ccc(C(C)(C)C)cc1. The van der Waals surface area contributed by atoms with Gasteiger partial charge in [-0.15, -0.1) is 11.3 Å². The maximum atomic E-state index is 12.7. The van der Waals surface area contributed by atoms with Gasteiger partial charge in [-0.1, -0.05) is 45.0 Å². The van der Waals surface area contributed by atoms with Crippen LogP contribution in [0.1, 0.15) is 61.7 Å². The predicted octanol–water partition coefficient (Wildman–Crippen LogP) is 5.12. The number of carbonyl (C=O) groups is 1. The van der Waals surface area contributed by atoms with Gasteiger partial charge in [0.25, 0.3) is 0 Å². The molecule has 2 heterocycles. The van der Waals surface area contributed by atoms with Gasteiger partial charge in [0.05, 0.1) is 6.04 Å². The van der Waals surface area contributed by atoms with Gasteiger partial charge >= 0.3 is 0 Å². The summed E-state index contributed by atoms with van der Waals surface area (Å²) in [6.07, 6.45) is 2.42. The van der Waals surface area contributed by atoms with Crippen LogP contribution in [-0.4, -0.2) is 17.4 Å². The summed E-state index contributed by atoms with van der Waals surface area (Å²) < 4.78 is 0. The summed E-state index contributed by atoms with van der Waals surface area (Å²) in [7, 11) is 0. The molecule has 128 valence electrons. The summed E-state index contributed by atoms with van der Waals surface area (Å²) in [6.45, 7) is 9.68. The third-order valence-electron chi connectivity index (χ3n) is 5.05. The Balaban J connectivity index is 1.60. The summed E-state index contributed by atoms with van der Waals surface area (Å²) in [4.78, 5) is 16.2. The Kier molecular flexibility index (Phi) is 4.82. The zero-order valence-corrected chi connectivity index (χ0v) is 16.0. The van der Waals surface area contributed by atoms with Crippen molar-refractivity contribution < 1.29 is 4.79 Å². The quantitative estimate of drug-likeness (QED) is 0.758. The average molecular weight is 342 g/mol. The Hall–Kier alpha value is -1.61. The zero-order chi connectivity index (χ0) is 17.3. The highest BCUT2D eigenvalue weighted by molar-refractivity contribution is 7.10. The van der Waals surface area contributed by atoms with E-state index in [0.717, 1.165) is 19.4 Å². The third kappa shape index (κ3) is 3.56. The molecule has 0 radical (unpaired) electrons. The third-order valence-corrected chi connectivity index (χ3v) is 6.04. The van der Waals surface area contributed by atoms with E-state index in [0.29, 0.717) is 6.42 Å². The van der Waals surface area contributed by atoms with Crippen LogP contribution >= 0.6 is 11.3 Å². The Morgan fingerprint density at radius 3 is 2.58 bits per heavy atom. The van der Waals surface area contributed by atoms with Crippen LogP contribution in [-0.2, 0) is 23.1 Å². The highest BCUT2D eigenvalue weighted by atomic mass is 32.1. The van der Waals surface area contributed by atoms with Gasteiger partial charge in [0.1, 0.15) is 0 Å². The second kappa shape index (κ2) is 6.72. The number of nitrogens with zero attached hydrogens (tertiary/aromatic N) is 1. The van der Waals surface area contributed by atoms with E-state index in [2.05, 4.69) is 68.3 Å². The normalized spacial score (nSPS) is 17.7. The molecule has 2 aromatic rings. The van der Waals surface area contributed by atoms with E-state index >= 15 is 0 Å². The molecule has 0 bridgehead atoms. The van der Waals surface area contributed by atoms with Crippen molar-refractivity contribution in [1.82, 2.24) is 4.90 Å². The molecule has 0 aliphatic carbocycles. The summed E-state index contributed by atoms with van der Waals surface area (Å²) in [5.41, 5.74) is 4.11. The monoisotopic (exact) mass is 341 g/mol. The number of thiophene rings is 1. The van der Waals surface area contributed by atoms with E-state index in [1.807, 2.05) is 11.3 Å². The first-order valence-electron chi connectivity index (χ1n) is 8.81. The fraction of sp³-hybridized carbons (Fsp3) is 0.476. The van der Waals surface area contributed by atoms with Crippen molar-refractivity contribution >= 4 is 17.2 Å². The molecule has 0 saturated heterocycles. The van der Waals surface area contributed by atoms with Gasteiger partial charge in [0.2, 0.25) is 5.91 Å². The molecule has 1 aliphatic rings. The summed E-state index contributed by atoms with van der Waals surface area (Å²) >= 11 is 1.82. The average Bonchev–Trinajstić information content (AvgIpc) is 3.02. The van der Waals surface area contributed by atoms with Crippen LogP contribution in [0.4, 0.5) is 0 Å². The van der Waals surface area contributed by atoms with Gasteiger partial charge < -0.3 is 4.90 Å². The van der Waals surface area contributed by atoms with E-state index in [1.165, 1.54) is 21.6 Å². The second-order valence-electron chi connectivity index (χ2n) is 7.76. The molecule has 2 nitrogen and oxygen atoms in total. The van der Waals surface area contributed by atoms with Crippen LogP contribution in [0.25, 0.3) is 0 Å². The Labute approximate surface area is 149 Å². The van der Waals surface area contributed by atoms with Crippen molar-refractivity contribution in [3.63, 3.8) is 0 Å². The minimum atomic E-state index is 0.176. The molecule has 1 atom stereocenters. The maximum absolute atomic E-state index is 12.7. The highest BCUT2D eigenvalue weighted by Gasteiger charge is 2.27. The first kappa shape index (κ1) is 17.2. The van der Waals surface area contributed by atoms with E-state index < -0.39 is 0 Å². The Bertz CT molecular complexity index is 708. The molecule has 0 unspecified atom stereocenters. The van der Waals surface area contributed by atoms with Crippen molar-refractivity contribution in [3.8, 4) is 0 Å². The number of amides is 1. The van der Waals surface area contributed by atoms with Crippen LogP contribution in [0.15, 0.2) is 35.7 Å². The van der Waals surface area contributed by atoms with E-state index in [4.69, 9.17) is 0 Å². The fourth-order valence-electron chi connectivity index (χ4n) is 3.42. The zero-order valence-electron chi connectivity index (χ0n) is 15.1. The molecule has 1 amide bonds. The van der Waals surface area contributed by atoms with Crippen LogP contribution in [0.5, 0.6) is 0 Å². The van der Waals surface area contributed by atoms with Crippen LogP contribution < -0.4 is 0 Å². The number of rotatable bonds is 3. The van der Waals surface area contributed by atoms with Crippen molar-refractivity contribution in [2.75, 3.05) is 6.54 Å². The van der Waals surface area contributed by atoms with E-state index in [9.17, 15) is 4.79 Å². The van der Waals surface area contributed by atoms with Gasteiger partial charge in [-0.2, -0.15) is 0 Å². The number of carbonyl (C=O) groups excluding carboxylic acids is 1. The number of hydrogen-bond acceptors (Lipinski definition) is 2. The Morgan fingerprint density at radius 1 is 1.21 bits per heavy atom. The first-order valence-corrected chi connectivity index (χ1v) is 9.69. The lowest BCUT2D eigenvalue weighted by molar-refractivity contribution is -0.133. The highest BCUT2D eigenvalue weighted by Crippen LogP contribution is 2.33. The molecule has 0 saturated carbocycles. The molecule has 0 spiro atoms. The summed E-state index contributed by atoms with van der Waals surface area (Å²) in [5.74, 6) is 0.277. The van der Waals surface area contributed by atoms with Gasteiger partial charge in [-0.25, -0.2) is 0 Å². The van der Waals surface area contributed by atoms with Crippen LogP contribution in [0, 0.1) is 0 Å². The van der Waals surface area contributed by atoms with Crippen molar-refractivity contribution in [2.24, 2.45) is 0 Å². The predicted molar refractivity (Wildman–Crippen MR) is 102 cm³/mol. The molecule has 24 heavy (non-hydrogen) atoms. The van der Waals surface area contributed by atoms with Gasteiger partial charge in [0, 0.05) is 17.8 Å². The lowest BCUT2D eigenvalue weighted by Crippen LogP contribution is -2.38. The van der Waals surface area contributed by atoms with E-state index in [-0.39, 0.29) is 17.4 Å². The molecular formula is C21H27NOS. The lowest BCUT2D eigenvalue weighted by Gasteiger charge is -2.33. The topological polar surface area (TPSA) is 20.3 Å². The molecule has 1 aromatic carbocycles. The number of benzene rings is 1. The maximum Gasteiger partial charge on any atom is 0.223 e. The molecule has 0 fully saturated rings. The van der Waals surface area contributed by atoms with Crippen molar-refractivity contribution in [2.45, 2.75) is 58.4 Å². The molecule has 3 rings (SSSR count). The second-order valence-corrected chi connectivity index (χ2v) is 8.76. The van der Waals surface area contributed by atoms with E-state index in [1.54, 1.807) is 0 Å². The van der Waals surface area contributed by atoms with Gasteiger partial charge in [-0.3, -0.25) is 4.79 Å². The standard InChI is InChI=1S/C21H27NOS/c1-15-18-12-14-24-19(18)11-13-22(15)20(23)10-7-16-5-8-17(9-6-16)21(2,3)4/h5-6,8-9,12,14-15H,7,10-11,13H2,1-4H3/t15-/m1/s1. The number of fused-ring (bicyclic) bond motifs is 1. The van der Waals surface area contributed by atoms with Crippen molar-refractivity contribution in [3.05, 3.63) is 57.3 Å². The largest absolute Gasteiger partial charge is 0.336 e. The molecular weight excluding hydrogens is 314 g/mol. The number of aryl methyl sites for hydroxylation is 1. The molecule has 1 aliphatic heterocycles. The van der Waals surface area contributed by atoms with Crippen molar-refractivity contribution in [1.29, 1.82) is 0 Å². The number of hydrogen-bond donors (Lipinski definition) is 0. The Morgan fingerprint density at radius 2 is 1.92 bits per heavy atom. The molecule has 0 N–H and O–H groups in total. The van der Waals surface area contributed by atoms with Crippen LogP contribution in [0.2, 0.25) is 0 Å².